The molecule has 1 aromatic rings. The third-order valence-corrected chi connectivity index (χ3v) is 2.78. The lowest BCUT2D eigenvalue weighted by Crippen LogP contribution is -2.28. The zero-order valence-corrected chi connectivity index (χ0v) is 10.5. The van der Waals surface area contributed by atoms with Gasteiger partial charge in [0, 0.05) is 25.2 Å². The van der Waals surface area contributed by atoms with E-state index >= 15 is 0 Å². The molecule has 0 saturated carbocycles. The molecule has 0 aromatic carbocycles. The number of nitrogens with zero attached hydrogens (tertiary/aromatic N) is 2. The van der Waals surface area contributed by atoms with Crippen molar-refractivity contribution >= 4 is 0 Å². The molecule has 0 bridgehead atoms. The fraction of sp³-hybridized carbons (Fsp3) is 0.750. The molecule has 0 amide bonds. The lowest BCUT2D eigenvalue weighted by atomic mass is 10.2. The molecule has 2 N–H and O–H groups in total. The molecule has 2 unspecified atom stereocenters. The molecule has 0 fully saturated rings. The molecule has 0 aliphatic rings. The second-order valence-electron chi connectivity index (χ2n) is 4.21. The predicted molar refractivity (Wildman–Crippen MR) is 65.5 cm³/mol. The standard InChI is InChI=1S/C12H23N3O/c1-4-10(3)15-7-6-11(14-15)8-12(16)9-13-5-2/h6-7,10,12-13,16H,4-5,8-9H2,1-3H3. The first-order valence-electron chi connectivity index (χ1n) is 6.10. The van der Waals surface area contributed by atoms with E-state index in [1.165, 1.54) is 0 Å². The fourth-order valence-electron chi connectivity index (χ4n) is 1.54. The Morgan fingerprint density at radius 3 is 2.88 bits per heavy atom. The zero-order chi connectivity index (χ0) is 12.0. The van der Waals surface area contributed by atoms with Crippen LogP contribution in [0.15, 0.2) is 12.3 Å². The highest BCUT2D eigenvalue weighted by Gasteiger charge is 2.09. The van der Waals surface area contributed by atoms with Gasteiger partial charge in [-0.1, -0.05) is 13.8 Å². The fourth-order valence-corrected chi connectivity index (χ4v) is 1.54. The predicted octanol–water partition coefficient (Wildman–Crippen LogP) is 1.37. The highest BCUT2D eigenvalue weighted by Crippen LogP contribution is 2.10. The second kappa shape index (κ2) is 6.66. The summed E-state index contributed by atoms with van der Waals surface area (Å²) in [5.74, 6) is 0. The molecule has 0 radical (unpaired) electrons. The van der Waals surface area contributed by atoms with Crippen molar-refractivity contribution < 1.29 is 5.11 Å². The number of nitrogens with one attached hydrogen (secondary N) is 1. The van der Waals surface area contributed by atoms with Gasteiger partial charge in [-0.15, -0.1) is 0 Å². The Kier molecular flexibility index (Phi) is 5.49. The van der Waals surface area contributed by atoms with Crippen LogP contribution < -0.4 is 5.32 Å². The molecule has 1 rings (SSSR count). The van der Waals surface area contributed by atoms with Crippen LogP contribution in [-0.2, 0) is 6.42 Å². The van der Waals surface area contributed by atoms with Crippen molar-refractivity contribution in [3.05, 3.63) is 18.0 Å². The minimum atomic E-state index is -0.347. The summed E-state index contributed by atoms with van der Waals surface area (Å²) in [5, 5.41) is 17.3. The number of hydrogen-bond acceptors (Lipinski definition) is 3. The maximum atomic E-state index is 9.73. The first-order chi connectivity index (χ1) is 7.67. The Morgan fingerprint density at radius 1 is 1.50 bits per heavy atom. The van der Waals surface area contributed by atoms with Crippen molar-refractivity contribution in [2.45, 2.75) is 45.8 Å². The summed E-state index contributed by atoms with van der Waals surface area (Å²) in [7, 11) is 0. The van der Waals surface area contributed by atoms with Crippen molar-refractivity contribution in [2.24, 2.45) is 0 Å². The van der Waals surface area contributed by atoms with Crippen molar-refractivity contribution in [2.75, 3.05) is 13.1 Å². The van der Waals surface area contributed by atoms with E-state index in [1.807, 2.05) is 23.9 Å². The maximum Gasteiger partial charge on any atom is 0.0720 e. The number of aliphatic hydroxyl groups is 1. The quantitative estimate of drug-likeness (QED) is 0.737. The second-order valence-corrected chi connectivity index (χ2v) is 4.21. The summed E-state index contributed by atoms with van der Waals surface area (Å²) in [6.07, 6.45) is 3.33. The van der Waals surface area contributed by atoms with Crippen LogP contribution in [0.4, 0.5) is 0 Å². The molecule has 0 spiro atoms. The van der Waals surface area contributed by atoms with Crippen LogP contribution in [0.3, 0.4) is 0 Å². The van der Waals surface area contributed by atoms with Crippen LogP contribution >= 0.6 is 0 Å². The number of aromatic nitrogens is 2. The summed E-state index contributed by atoms with van der Waals surface area (Å²) in [6, 6.07) is 2.42. The van der Waals surface area contributed by atoms with Gasteiger partial charge in [-0.2, -0.15) is 5.10 Å². The van der Waals surface area contributed by atoms with Gasteiger partial charge in [-0.3, -0.25) is 4.68 Å². The SMILES string of the molecule is CCNCC(O)Cc1ccn(C(C)CC)n1. The van der Waals surface area contributed by atoms with Gasteiger partial charge < -0.3 is 10.4 Å². The number of rotatable bonds is 7. The van der Waals surface area contributed by atoms with Gasteiger partial charge in [0.25, 0.3) is 0 Å². The van der Waals surface area contributed by atoms with Crippen LogP contribution in [0.25, 0.3) is 0 Å². The molecule has 1 aromatic heterocycles. The summed E-state index contributed by atoms with van der Waals surface area (Å²) in [4.78, 5) is 0. The van der Waals surface area contributed by atoms with Gasteiger partial charge in [0.1, 0.15) is 0 Å². The van der Waals surface area contributed by atoms with E-state index in [-0.39, 0.29) is 6.10 Å². The van der Waals surface area contributed by atoms with Crippen LogP contribution in [0.5, 0.6) is 0 Å². The van der Waals surface area contributed by atoms with Crippen LogP contribution in [0, 0.1) is 0 Å². The maximum absolute atomic E-state index is 9.73. The third kappa shape index (κ3) is 3.94. The molecule has 16 heavy (non-hydrogen) atoms. The highest BCUT2D eigenvalue weighted by molar-refractivity contribution is 5.01. The van der Waals surface area contributed by atoms with Crippen molar-refractivity contribution in [3.63, 3.8) is 0 Å². The Bertz CT molecular complexity index is 298. The average Bonchev–Trinajstić information content (AvgIpc) is 2.73. The van der Waals surface area contributed by atoms with Crippen molar-refractivity contribution in [1.82, 2.24) is 15.1 Å². The summed E-state index contributed by atoms with van der Waals surface area (Å²) in [6.45, 7) is 7.84. The van der Waals surface area contributed by atoms with Gasteiger partial charge >= 0.3 is 0 Å². The molecule has 0 saturated heterocycles. The van der Waals surface area contributed by atoms with E-state index in [0.717, 1.165) is 18.7 Å². The number of likely N-dealkylation sites (N-methyl/N-ethyl adjacent to an activating group) is 1. The molecular formula is C12H23N3O. The molecule has 1 heterocycles. The summed E-state index contributed by atoms with van der Waals surface area (Å²) < 4.78 is 1.97. The summed E-state index contributed by atoms with van der Waals surface area (Å²) >= 11 is 0. The number of aliphatic hydroxyl groups excluding tert-OH is 1. The molecule has 2 atom stereocenters. The van der Waals surface area contributed by atoms with E-state index in [2.05, 4.69) is 24.3 Å². The Labute approximate surface area is 97.7 Å². The van der Waals surface area contributed by atoms with Crippen LogP contribution in [0.2, 0.25) is 0 Å². The average molecular weight is 225 g/mol. The Morgan fingerprint density at radius 2 is 2.25 bits per heavy atom. The van der Waals surface area contributed by atoms with E-state index in [4.69, 9.17) is 0 Å². The van der Waals surface area contributed by atoms with Crippen LogP contribution in [0.1, 0.15) is 38.9 Å². The Balaban J connectivity index is 2.45. The van der Waals surface area contributed by atoms with Gasteiger partial charge in [-0.25, -0.2) is 0 Å². The molecule has 0 aliphatic carbocycles. The largest absolute Gasteiger partial charge is 0.391 e. The highest BCUT2D eigenvalue weighted by atomic mass is 16.3. The number of hydrogen-bond donors (Lipinski definition) is 2. The first kappa shape index (κ1) is 13.2. The minimum absolute atomic E-state index is 0.347. The molecule has 4 heteroatoms. The molecule has 4 nitrogen and oxygen atoms in total. The van der Waals surface area contributed by atoms with Gasteiger partial charge in [0.05, 0.1) is 11.8 Å². The lowest BCUT2D eigenvalue weighted by molar-refractivity contribution is 0.171. The summed E-state index contributed by atoms with van der Waals surface area (Å²) in [5.41, 5.74) is 0.964. The smallest absolute Gasteiger partial charge is 0.0720 e. The van der Waals surface area contributed by atoms with Crippen molar-refractivity contribution in [1.29, 1.82) is 0 Å². The van der Waals surface area contributed by atoms with E-state index in [0.29, 0.717) is 19.0 Å². The van der Waals surface area contributed by atoms with E-state index < -0.39 is 0 Å². The normalized spacial score (nSPS) is 15.0. The molecule has 92 valence electrons. The van der Waals surface area contributed by atoms with Gasteiger partial charge in [0.15, 0.2) is 0 Å². The monoisotopic (exact) mass is 225 g/mol. The van der Waals surface area contributed by atoms with E-state index in [1.54, 1.807) is 0 Å². The van der Waals surface area contributed by atoms with Crippen molar-refractivity contribution in [3.8, 4) is 0 Å². The lowest BCUT2D eigenvalue weighted by Gasteiger charge is -2.10. The molecule has 0 aliphatic heterocycles. The zero-order valence-electron chi connectivity index (χ0n) is 10.5. The first-order valence-corrected chi connectivity index (χ1v) is 6.10. The van der Waals surface area contributed by atoms with Gasteiger partial charge in [-0.05, 0) is 26.0 Å². The third-order valence-electron chi connectivity index (χ3n) is 2.78. The Hall–Kier alpha value is -0.870. The van der Waals surface area contributed by atoms with Crippen LogP contribution in [-0.4, -0.2) is 34.1 Å². The minimum Gasteiger partial charge on any atom is -0.391 e. The molecular weight excluding hydrogens is 202 g/mol. The topological polar surface area (TPSA) is 50.1 Å². The van der Waals surface area contributed by atoms with Gasteiger partial charge in [0.2, 0.25) is 0 Å². The van der Waals surface area contributed by atoms with E-state index in [9.17, 15) is 5.11 Å².